The zero-order valence-electron chi connectivity index (χ0n) is 6.47. The monoisotopic (exact) mass is 185 g/mol. The molecule has 0 amide bonds. The Hall–Kier alpha value is -2.05. The molecule has 0 saturated heterocycles. The second-order valence-electron chi connectivity index (χ2n) is 2.31. The van der Waals surface area contributed by atoms with Crippen LogP contribution in [0.3, 0.4) is 0 Å². The number of carboxylic acid groups (broad SMARTS) is 2. The van der Waals surface area contributed by atoms with E-state index in [1.807, 2.05) is 0 Å². The number of anilines is 1. The van der Waals surface area contributed by atoms with Gasteiger partial charge in [-0.1, -0.05) is 0 Å². The van der Waals surface area contributed by atoms with Gasteiger partial charge >= 0.3 is 11.9 Å². The third-order valence-corrected chi connectivity index (χ3v) is 1.39. The van der Waals surface area contributed by atoms with Crippen molar-refractivity contribution < 1.29 is 19.8 Å². The van der Waals surface area contributed by atoms with Gasteiger partial charge in [0.05, 0.1) is 6.33 Å². The first kappa shape index (κ1) is 9.04. The topological polar surface area (TPSA) is 118 Å². The van der Waals surface area contributed by atoms with Gasteiger partial charge < -0.3 is 20.5 Å². The van der Waals surface area contributed by atoms with Crippen LogP contribution in [0, 0.1) is 0 Å². The molecule has 0 unspecified atom stereocenters. The van der Waals surface area contributed by atoms with Gasteiger partial charge in [-0.15, -0.1) is 0 Å². The minimum Gasteiger partial charge on any atom is -0.480 e. The van der Waals surface area contributed by atoms with Crippen LogP contribution in [-0.4, -0.2) is 31.7 Å². The molecule has 0 saturated carbocycles. The van der Waals surface area contributed by atoms with E-state index >= 15 is 0 Å². The molecule has 0 spiro atoms. The zero-order valence-corrected chi connectivity index (χ0v) is 6.47. The predicted molar refractivity (Wildman–Crippen MR) is 41.2 cm³/mol. The molecule has 0 atom stereocenters. The van der Waals surface area contributed by atoms with Gasteiger partial charge in [0.1, 0.15) is 12.4 Å². The molecular weight excluding hydrogens is 178 g/mol. The third kappa shape index (κ3) is 1.75. The molecular formula is C6H7N3O4. The third-order valence-electron chi connectivity index (χ3n) is 1.39. The van der Waals surface area contributed by atoms with E-state index in [0.29, 0.717) is 0 Å². The second-order valence-corrected chi connectivity index (χ2v) is 2.31. The standard InChI is InChI=1S/C6H7N3O4/c7-5-4(6(12)13)8-2-9(5)1-3(10)11/h2H,1,7H2,(H,10,11)(H,12,13). The maximum absolute atomic E-state index is 10.4. The minimum absolute atomic E-state index is 0.157. The molecule has 1 aromatic rings. The van der Waals surface area contributed by atoms with Gasteiger partial charge in [-0.05, 0) is 0 Å². The van der Waals surface area contributed by atoms with Gasteiger partial charge in [-0.2, -0.15) is 0 Å². The molecule has 0 bridgehead atoms. The van der Waals surface area contributed by atoms with Gasteiger partial charge in [0.25, 0.3) is 0 Å². The SMILES string of the molecule is Nc1c(C(=O)O)ncn1CC(=O)O. The Balaban J connectivity index is 2.99. The summed E-state index contributed by atoms with van der Waals surface area (Å²) in [6.07, 6.45) is 1.08. The summed E-state index contributed by atoms with van der Waals surface area (Å²) >= 11 is 0. The molecule has 0 radical (unpaired) electrons. The fourth-order valence-corrected chi connectivity index (χ4v) is 0.828. The molecule has 0 fully saturated rings. The molecule has 1 heterocycles. The number of aromatic carboxylic acids is 1. The Morgan fingerprint density at radius 2 is 2.15 bits per heavy atom. The van der Waals surface area contributed by atoms with Crippen LogP contribution in [0.5, 0.6) is 0 Å². The first-order valence-electron chi connectivity index (χ1n) is 3.28. The number of carboxylic acids is 2. The molecule has 13 heavy (non-hydrogen) atoms. The molecule has 0 aliphatic heterocycles. The predicted octanol–water partition coefficient (Wildman–Crippen LogP) is -0.752. The number of hydrogen-bond acceptors (Lipinski definition) is 4. The summed E-state index contributed by atoms with van der Waals surface area (Å²) in [5, 5.41) is 16.9. The fraction of sp³-hybridized carbons (Fsp3) is 0.167. The number of nitrogens with two attached hydrogens (primary N) is 1. The van der Waals surface area contributed by atoms with E-state index in [2.05, 4.69) is 4.98 Å². The Morgan fingerprint density at radius 1 is 1.54 bits per heavy atom. The van der Waals surface area contributed by atoms with Crippen LogP contribution in [-0.2, 0) is 11.3 Å². The average Bonchev–Trinajstić information content (AvgIpc) is 2.32. The zero-order chi connectivity index (χ0) is 10.0. The van der Waals surface area contributed by atoms with Crippen LogP contribution < -0.4 is 5.73 Å². The highest BCUT2D eigenvalue weighted by Gasteiger charge is 2.15. The average molecular weight is 185 g/mol. The van der Waals surface area contributed by atoms with Gasteiger partial charge in [0, 0.05) is 0 Å². The molecule has 70 valence electrons. The number of imidazole rings is 1. The van der Waals surface area contributed by atoms with Crippen LogP contribution in [0.4, 0.5) is 5.82 Å². The number of nitrogen functional groups attached to an aromatic ring is 1. The van der Waals surface area contributed by atoms with Crippen LogP contribution in [0.15, 0.2) is 6.33 Å². The van der Waals surface area contributed by atoms with Crippen molar-refractivity contribution in [1.29, 1.82) is 0 Å². The number of carbonyl (C=O) groups is 2. The lowest BCUT2D eigenvalue weighted by Gasteiger charge is -1.99. The number of aliphatic carboxylic acids is 1. The van der Waals surface area contributed by atoms with Crippen LogP contribution in [0.2, 0.25) is 0 Å². The van der Waals surface area contributed by atoms with Crippen molar-refractivity contribution in [3.8, 4) is 0 Å². The maximum atomic E-state index is 10.4. The summed E-state index contributed by atoms with van der Waals surface area (Å²) in [6.45, 7) is -0.397. The summed E-state index contributed by atoms with van der Waals surface area (Å²) in [7, 11) is 0. The summed E-state index contributed by atoms with van der Waals surface area (Å²) in [5.41, 5.74) is 4.98. The van der Waals surface area contributed by atoms with Gasteiger partial charge in [-0.25, -0.2) is 9.78 Å². The number of nitrogens with zero attached hydrogens (tertiary/aromatic N) is 2. The largest absolute Gasteiger partial charge is 0.480 e. The number of aromatic nitrogens is 2. The van der Waals surface area contributed by atoms with Gasteiger partial charge in [0.15, 0.2) is 5.69 Å². The quantitative estimate of drug-likeness (QED) is 0.570. The molecule has 0 aliphatic carbocycles. The highest BCUT2D eigenvalue weighted by Crippen LogP contribution is 2.09. The van der Waals surface area contributed by atoms with Crippen molar-refractivity contribution >= 4 is 17.8 Å². The summed E-state index contributed by atoms with van der Waals surface area (Å²) < 4.78 is 1.05. The smallest absolute Gasteiger partial charge is 0.358 e. The molecule has 0 aromatic carbocycles. The van der Waals surface area contributed by atoms with E-state index in [1.54, 1.807) is 0 Å². The Kier molecular flexibility index (Phi) is 2.18. The Morgan fingerprint density at radius 3 is 2.54 bits per heavy atom. The summed E-state index contributed by atoms with van der Waals surface area (Å²) in [6, 6.07) is 0. The Bertz CT molecular complexity index is 357. The lowest BCUT2D eigenvalue weighted by Crippen LogP contribution is -2.11. The van der Waals surface area contributed by atoms with E-state index < -0.39 is 18.5 Å². The van der Waals surface area contributed by atoms with Crippen molar-refractivity contribution in [2.24, 2.45) is 0 Å². The van der Waals surface area contributed by atoms with E-state index in [0.717, 1.165) is 10.9 Å². The van der Waals surface area contributed by atoms with Crippen molar-refractivity contribution in [3.05, 3.63) is 12.0 Å². The van der Waals surface area contributed by atoms with Crippen LogP contribution in [0.25, 0.3) is 0 Å². The molecule has 1 aromatic heterocycles. The van der Waals surface area contributed by atoms with E-state index in [9.17, 15) is 9.59 Å². The molecule has 0 aliphatic rings. The van der Waals surface area contributed by atoms with E-state index in [1.165, 1.54) is 0 Å². The minimum atomic E-state index is -1.28. The van der Waals surface area contributed by atoms with Gasteiger partial charge in [-0.3, -0.25) is 4.79 Å². The molecule has 7 nitrogen and oxygen atoms in total. The number of hydrogen-bond donors (Lipinski definition) is 3. The summed E-state index contributed by atoms with van der Waals surface area (Å²) in [5.74, 6) is -2.54. The maximum Gasteiger partial charge on any atom is 0.358 e. The van der Waals surface area contributed by atoms with Crippen molar-refractivity contribution in [2.45, 2.75) is 6.54 Å². The normalized spacial score (nSPS) is 9.85. The highest BCUT2D eigenvalue weighted by atomic mass is 16.4. The van der Waals surface area contributed by atoms with Crippen molar-refractivity contribution in [2.75, 3.05) is 5.73 Å². The van der Waals surface area contributed by atoms with Crippen molar-refractivity contribution in [1.82, 2.24) is 9.55 Å². The molecule has 7 heteroatoms. The van der Waals surface area contributed by atoms with Crippen molar-refractivity contribution in [3.63, 3.8) is 0 Å². The first-order valence-corrected chi connectivity index (χ1v) is 3.28. The van der Waals surface area contributed by atoms with Crippen LogP contribution >= 0.6 is 0 Å². The lowest BCUT2D eigenvalue weighted by atomic mass is 10.4. The first-order chi connectivity index (χ1) is 6.02. The highest BCUT2D eigenvalue weighted by molar-refractivity contribution is 5.90. The van der Waals surface area contributed by atoms with E-state index in [4.69, 9.17) is 15.9 Å². The molecule has 1 rings (SSSR count). The van der Waals surface area contributed by atoms with Gasteiger partial charge in [0.2, 0.25) is 0 Å². The van der Waals surface area contributed by atoms with Crippen LogP contribution in [0.1, 0.15) is 10.5 Å². The second kappa shape index (κ2) is 3.13. The molecule has 4 N–H and O–H groups in total. The summed E-state index contributed by atoms with van der Waals surface area (Å²) in [4.78, 5) is 24.1. The Labute approximate surface area is 72.4 Å². The number of rotatable bonds is 3. The fourth-order valence-electron chi connectivity index (χ4n) is 0.828. The van der Waals surface area contributed by atoms with E-state index in [-0.39, 0.29) is 11.5 Å². The lowest BCUT2D eigenvalue weighted by molar-refractivity contribution is -0.137.